The summed E-state index contributed by atoms with van der Waals surface area (Å²) in [6.45, 7) is 5.33. The first-order valence-corrected chi connectivity index (χ1v) is 14.3. The van der Waals surface area contributed by atoms with Gasteiger partial charge in [-0.3, -0.25) is 0 Å². The first-order chi connectivity index (χ1) is 19.0. The van der Waals surface area contributed by atoms with Crippen molar-refractivity contribution in [2.45, 2.75) is 77.9 Å². The maximum Gasteiger partial charge on any atom is 1.00 e. The summed E-state index contributed by atoms with van der Waals surface area (Å²) in [6.07, 6.45) is 7.71. The summed E-state index contributed by atoms with van der Waals surface area (Å²) < 4.78 is 8.15. The summed E-state index contributed by atoms with van der Waals surface area (Å²) >= 11 is 0. The van der Waals surface area contributed by atoms with Crippen LogP contribution in [0.5, 0.6) is 5.75 Å². The van der Waals surface area contributed by atoms with Gasteiger partial charge in [-0.05, 0) is 91.3 Å². The molecule has 0 aliphatic rings. The van der Waals surface area contributed by atoms with E-state index in [0.717, 1.165) is 36.2 Å². The number of hydrogen-bond donors (Lipinski definition) is 0. The molecule has 0 N–H and O–H groups in total. The zero-order valence-corrected chi connectivity index (χ0v) is 26.3. The van der Waals surface area contributed by atoms with Crippen LogP contribution in [0.1, 0.15) is 61.4 Å². The number of rotatable bonds is 15. The molecule has 0 radical (unpaired) electrons. The van der Waals surface area contributed by atoms with Crippen LogP contribution in [0.2, 0.25) is 0 Å². The average Bonchev–Trinajstić information content (AvgIpc) is 3.32. The molecule has 0 spiro atoms. The Kier molecular flexibility index (Phi) is 13.1. The molecule has 0 unspecified atom stereocenters. The maximum absolute atomic E-state index is 11.7. The van der Waals surface area contributed by atoms with Gasteiger partial charge in [-0.25, -0.2) is 0 Å². The van der Waals surface area contributed by atoms with Gasteiger partial charge in [0.2, 0.25) is 0 Å². The number of benzene rings is 3. The van der Waals surface area contributed by atoms with Crippen LogP contribution in [-0.2, 0) is 30.6 Å². The van der Waals surface area contributed by atoms with Crippen molar-refractivity contribution in [1.82, 2.24) is 4.57 Å². The van der Waals surface area contributed by atoms with E-state index in [1.54, 1.807) is 0 Å². The van der Waals surface area contributed by atoms with Gasteiger partial charge in [-0.1, -0.05) is 80.8 Å². The molecule has 1 atom stereocenters. The molecule has 0 saturated carbocycles. The van der Waals surface area contributed by atoms with Crippen LogP contribution >= 0.6 is 0 Å². The zero-order chi connectivity index (χ0) is 27.5. The molecule has 204 valence electrons. The van der Waals surface area contributed by atoms with Crippen molar-refractivity contribution in [1.29, 1.82) is 0 Å². The quantitative estimate of drug-likeness (QED) is 0.168. The number of carbonyl (C=O) groups excluding carboxylic acids is 1. The van der Waals surface area contributed by atoms with Gasteiger partial charge in [0, 0.05) is 24.4 Å². The van der Waals surface area contributed by atoms with E-state index in [1.807, 2.05) is 54.6 Å². The molecular weight excluding hydrogens is 505 g/mol. The van der Waals surface area contributed by atoms with E-state index in [-0.39, 0.29) is 36.0 Å². The van der Waals surface area contributed by atoms with E-state index in [9.17, 15) is 9.90 Å². The first-order valence-electron chi connectivity index (χ1n) is 14.3. The molecule has 40 heavy (non-hydrogen) atoms. The molecule has 0 saturated heterocycles. The fraction of sp³-hybridized carbons (Fsp3) is 0.343. The topological polar surface area (TPSA) is 54.3 Å². The number of ether oxygens (including phenoxy) is 1. The molecule has 0 fully saturated rings. The number of unbranched alkanes of at least 4 members (excludes halogenated alkanes) is 3. The number of nitrogens with zero attached hydrogens (tertiary/aromatic N) is 1. The summed E-state index contributed by atoms with van der Waals surface area (Å²) in [4.78, 5) is 11.7. The zero-order valence-electron chi connectivity index (χ0n) is 24.3. The molecule has 3 aromatic carbocycles. The van der Waals surface area contributed by atoms with Gasteiger partial charge in [0.05, 0.1) is 5.97 Å². The van der Waals surface area contributed by atoms with E-state index >= 15 is 0 Å². The fourth-order valence-corrected chi connectivity index (χ4v) is 5.06. The molecule has 4 nitrogen and oxygen atoms in total. The number of carboxylic acids is 1. The van der Waals surface area contributed by atoms with E-state index in [4.69, 9.17) is 4.74 Å². The van der Waals surface area contributed by atoms with Gasteiger partial charge in [-0.15, -0.1) is 0 Å². The predicted molar refractivity (Wildman–Crippen MR) is 157 cm³/mol. The molecule has 0 amide bonds. The second-order valence-corrected chi connectivity index (χ2v) is 10.4. The van der Waals surface area contributed by atoms with Crippen LogP contribution in [0.3, 0.4) is 0 Å². The Morgan fingerprint density at radius 3 is 2.05 bits per heavy atom. The van der Waals surface area contributed by atoms with E-state index in [2.05, 4.69) is 54.8 Å². The minimum atomic E-state index is -1.21. The van der Waals surface area contributed by atoms with Crippen LogP contribution in [0, 0.1) is 6.92 Å². The van der Waals surface area contributed by atoms with Crippen molar-refractivity contribution >= 4 is 5.97 Å². The summed E-state index contributed by atoms with van der Waals surface area (Å²) in [7, 11) is 0. The van der Waals surface area contributed by atoms with Crippen LogP contribution in [0.25, 0.3) is 11.3 Å². The molecule has 4 rings (SSSR count). The van der Waals surface area contributed by atoms with Gasteiger partial charge in [0.15, 0.2) is 0 Å². The Labute approximate surface area is 261 Å². The molecule has 5 heteroatoms. The summed E-state index contributed by atoms with van der Waals surface area (Å²) in [5.41, 5.74) is 7.19. The number of aromatic nitrogens is 1. The van der Waals surface area contributed by atoms with Crippen molar-refractivity contribution < 1.29 is 44.2 Å². The minimum Gasteiger partial charge on any atom is -0.546 e. The number of carboxylic acid groups (broad SMARTS) is 1. The van der Waals surface area contributed by atoms with Gasteiger partial charge in [0.1, 0.15) is 11.9 Å². The van der Waals surface area contributed by atoms with Crippen LogP contribution < -0.4 is 39.4 Å². The average molecular weight is 546 g/mol. The van der Waals surface area contributed by atoms with Gasteiger partial charge < -0.3 is 19.2 Å². The number of hydrogen-bond acceptors (Lipinski definition) is 3. The Morgan fingerprint density at radius 1 is 0.775 bits per heavy atom. The fourth-order valence-electron chi connectivity index (χ4n) is 5.06. The molecule has 4 aromatic rings. The van der Waals surface area contributed by atoms with Crippen molar-refractivity contribution in [2.24, 2.45) is 0 Å². The van der Waals surface area contributed by atoms with E-state index < -0.39 is 12.1 Å². The molecule has 0 aliphatic heterocycles. The maximum atomic E-state index is 11.7. The van der Waals surface area contributed by atoms with E-state index in [1.165, 1.54) is 48.9 Å². The van der Waals surface area contributed by atoms with Crippen molar-refractivity contribution in [3.05, 3.63) is 113 Å². The van der Waals surface area contributed by atoms with E-state index in [0.29, 0.717) is 5.75 Å². The first kappa shape index (κ1) is 31.7. The largest absolute Gasteiger partial charge is 1.00 e. The standard InChI is InChI=1S/C35H41NO3.Na/c1-3-4-5-7-11-28-16-18-29(19-17-28)14-10-25-36-27(2)15-24-33(36)31-20-22-32(23-21-31)39-34(35(37)38)26-30-12-8-6-9-13-30;/h6,8-9,12-13,15-24,34H,3-5,7,10-11,14,25-26H2,1-2H3,(H,37,38);/q;+1/p-1/t34-;/m1./s1. The normalized spacial score (nSPS) is 11.6. The molecular formula is C35H40NNaO3. The Balaban J connectivity index is 0.00000441. The summed E-state index contributed by atoms with van der Waals surface area (Å²) in [5.74, 6) is -0.693. The van der Waals surface area contributed by atoms with Crippen LogP contribution in [0.4, 0.5) is 0 Å². The number of aryl methyl sites for hydroxylation is 3. The Hall–Kier alpha value is -2.79. The molecule has 0 bridgehead atoms. The second-order valence-electron chi connectivity index (χ2n) is 10.4. The van der Waals surface area contributed by atoms with Crippen LogP contribution in [0.15, 0.2) is 91.0 Å². The monoisotopic (exact) mass is 545 g/mol. The second kappa shape index (κ2) is 16.5. The molecule has 1 aromatic heterocycles. The van der Waals surface area contributed by atoms with Gasteiger partial charge >= 0.3 is 29.6 Å². The molecule has 0 aliphatic carbocycles. The van der Waals surface area contributed by atoms with Crippen molar-refractivity contribution in [2.75, 3.05) is 0 Å². The number of aliphatic carboxylic acids is 1. The molecule has 1 heterocycles. The number of carbonyl (C=O) groups is 1. The SMILES string of the molecule is CCCCCCc1ccc(CCCn2c(C)ccc2-c2ccc(O[C@H](Cc3ccccc3)C(=O)[O-])cc2)cc1.[Na+]. The Morgan fingerprint density at radius 2 is 1.43 bits per heavy atom. The Bertz CT molecular complexity index is 1300. The van der Waals surface area contributed by atoms with Crippen LogP contribution in [-0.4, -0.2) is 16.6 Å². The smallest absolute Gasteiger partial charge is 0.546 e. The van der Waals surface area contributed by atoms with Crippen molar-refractivity contribution in [3.8, 4) is 17.0 Å². The minimum absolute atomic E-state index is 0. The third-order valence-electron chi connectivity index (χ3n) is 7.34. The third-order valence-corrected chi connectivity index (χ3v) is 7.34. The summed E-state index contributed by atoms with van der Waals surface area (Å²) in [6, 6.07) is 30.6. The third kappa shape index (κ3) is 9.40. The summed E-state index contributed by atoms with van der Waals surface area (Å²) in [5, 5.41) is 11.7. The predicted octanol–water partition coefficient (Wildman–Crippen LogP) is 3.96. The van der Waals surface area contributed by atoms with Gasteiger partial charge in [-0.2, -0.15) is 0 Å². The van der Waals surface area contributed by atoms with Crippen molar-refractivity contribution in [3.63, 3.8) is 0 Å². The van der Waals surface area contributed by atoms with Gasteiger partial charge in [0.25, 0.3) is 0 Å².